The third kappa shape index (κ3) is 6.04. The molecule has 4 aromatic rings. The number of hydrogen-bond donors (Lipinski definition) is 3. The van der Waals surface area contributed by atoms with Gasteiger partial charge in [0.25, 0.3) is 5.91 Å². The summed E-state index contributed by atoms with van der Waals surface area (Å²) in [6.45, 7) is 4.06. The first kappa shape index (κ1) is 28.2. The van der Waals surface area contributed by atoms with Crippen molar-refractivity contribution in [2.24, 2.45) is 0 Å². The van der Waals surface area contributed by atoms with E-state index in [1.54, 1.807) is 18.6 Å². The largest absolute Gasteiger partial charge is 0.416 e. The number of amides is 1. The van der Waals surface area contributed by atoms with E-state index in [0.717, 1.165) is 45.4 Å². The third-order valence-corrected chi connectivity index (χ3v) is 7.73. The summed E-state index contributed by atoms with van der Waals surface area (Å²) in [7, 11) is 0. The number of H-pyrrole nitrogens is 1. The predicted molar refractivity (Wildman–Crippen MR) is 155 cm³/mol. The van der Waals surface area contributed by atoms with Gasteiger partial charge in [-0.25, -0.2) is 9.97 Å². The van der Waals surface area contributed by atoms with Gasteiger partial charge >= 0.3 is 6.18 Å². The lowest BCUT2D eigenvalue weighted by molar-refractivity contribution is -0.137. The molecule has 0 saturated carbocycles. The molecule has 0 spiro atoms. The molecule has 1 aliphatic carbocycles. The standard InChI is InChI=1S/C30H27F3N6OS/c1-18-7-8-22(37-28(40)20-5-4-6-21(13-20)30(31,32)33)15-23(18)29(2)11-9-19(24-16-27(41-3)35-17-34-24)14-25(29)38-26-10-12-36-39-26/h4-17,25H,1-3H3,(H,37,40)(H2,36,38,39). The number of carbonyl (C=O) groups excluding carboxylic acids is 1. The number of alkyl halides is 3. The Hall–Kier alpha value is -4.38. The fraction of sp³-hybridized carbons (Fsp3) is 0.200. The average molecular weight is 577 g/mol. The van der Waals surface area contributed by atoms with Gasteiger partial charge in [0.15, 0.2) is 0 Å². The van der Waals surface area contributed by atoms with Crippen molar-refractivity contribution in [3.63, 3.8) is 0 Å². The zero-order valence-corrected chi connectivity index (χ0v) is 23.3. The van der Waals surface area contributed by atoms with Gasteiger partial charge in [0, 0.05) is 16.7 Å². The highest BCUT2D eigenvalue weighted by Gasteiger charge is 2.37. The van der Waals surface area contributed by atoms with Crippen molar-refractivity contribution in [3.8, 4) is 0 Å². The van der Waals surface area contributed by atoms with E-state index in [1.807, 2.05) is 43.5 Å². The number of thioether (sulfide) groups is 1. The fourth-order valence-corrected chi connectivity index (χ4v) is 5.21. The van der Waals surface area contributed by atoms with E-state index in [1.165, 1.54) is 23.9 Å². The molecule has 0 bridgehead atoms. The fourth-order valence-electron chi connectivity index (χ4n) is 4.83. The van der Waals surface area contributed by atoms with Crippen LogP contribution in [0.1, 0.15) is 39.7 Å². The van der Waals surface area contributed by atoms with Crippen LogP contribution in [0.15, 0.2) is 90.4 Å². The molecule has 11 heteroatoms. The number of carbonyl (C=O) groups is 1. The van der Waals surface area contributed by atoms with Crippen molar-refractivity contribution in [2.75, 3.05) is 16.9 Å². The summed E-state index contributed by atoms with van der Waals surface area (Å²) < 4.78 is 39.6. The number of allylic oxidation sites excluding steroid dienone is 2. The van der Waals surface area contributed by atoms with E-state index in [-0.39, 0.29) is 11.6 Å². The van der Waals surface area contributed by atoms with Crippen LogP contribution >= 0.6 is 11.8 Å². The lowest BCUT2D eigenvalue weighted by Crippen LogP contribution is -2.41. The normalized spacial score (nSPS) is 18.6. The average Bonchev–Trinajstić information content (AvgIpc) is 3.48. The van der Waals surface area contributed by atoms with Crippen LogP contribution in [-0.2, 0) is 11.6 Å². The molecular weight excluding hydrogens is 549 g/mol. The van der Waals surface area contributed by atoms with Crippen LogP contribution in [0.3, 0.4) is 0 Å². The van der Waals surface area contributed by atoms with Crippen LogP contribution < -0.4 is 10.6 Å². The summed E-state index contributed by atoms with van der Waals surface area (Å²) >= 11 is 1.54. The van der Waals surface area contributed by atoms with E-state index in [9.17, 15) is 18.0 Å². The Kier molecular flexibility index (Phi) is 7.72. The maximum Gasteiger partial charge on any atom is 0.416 e. The summed E-state index contributed by atoms with van der Waals surface area (Å²) in [4.78, 5) is 21.7. The van der Waals surface area contributed by atoms with E-state index in [0.29, 0.717) is 5.69 Å². The topological polar surface area (TPSA) is 95.6 Å². The smallest absolute Gasteiger partial charge is 0.363 e. The molecule has 0 radical (unpaired) electrons. The van der Waals surface area contributed by atoms with Gasteiger partial charge in [-0.2, -0.15) is 18.3 Å². The highest BCUT2D eigenvalue weighted by Crippen LogP contribution is 2.40. The van der Waals surface area contributed by atoms with Gasteiger partial charge in [-0.1, -0.05) is 30.4 Å². The molecule has 2 atom stereocenters. The van der Waals surface area contributed by atoms with E-state index in [4.69, 9.17) is 0 Å². The number of rotatable bonds is 7. The Balaban J connectivity index is 1.49. The summed E-state index contributed by atoms with van der Waals surface area (Å²) in [5, 5.41) is 14.2. The van der Waals surface area contributed by atoms with Gasteiger partial charge in [-0.15, -0.1) is 11.8 Å². The highest BCUT2D eigenvalue weighted by molar-refractivity contribution is 7.98. The molecule has 210 valence electrons. The number of aromatic nitrogens is 4. The van der Waals surface area contributed by atoms with Gasteiger partial charge in [0.05, 0.1) is 28.5 Å². The van der Waals surface area contributed by atoms with Crippen molar-refractivity contribution in [3.05, 3.63) is 113 Å². The molecule has 0 fully saturated rings. The van der Waals surface area contributed by atoms with Crippen molar-refractivity contribution in [2.45, 2.75) is 36.5 Å². The Morgan fingerprint density at radius 3 is 2.66 bits per heavy atom. The van der Waals surface area contributed by atoms with E-state index >= 15 is 0 Å². The van der Waals surface area contributed by atoms with Crippen molar-refractivity contribution < 1.29 is 18.0 Å². The van der Waals surface area contributed by atoms with Gasteiger partial charge in [0.1, 0.15) is 12.1 Å². The quantitative estimate of drug-likeness (QED) is 0.164. The third-order valence-electron chi connectivity index (χ3n) is 7.09. The molecule has 2 aromatic carbocycles. The molecule has 5 rings (SSSR count). The summed E-state index contributed by atoms with van der Waals surface area (Å²) in [5.41, 5.74) is 2.54. The second-order valence-corrected chi connectivity index (χ2v) is 10.7. The first-order chi connectivity index (χ1) is 19.6. The second-order valence-electron chi connectivity index (χ2n) is 9.84. The van der Waals surface area contributed by atoms with Crippen LogP contribution in [0.2, 0.25) is 0 Å². The van der Waals surface area contributed by atoms with Crippen molar-refractivity contribution in [1.29, 1.82) is 0 Å². The number of nitrogens with zero attached hydrogens (tertiary/aromatic N) is 3. The first-order valence-corrected chi connectivity index (χ1v) is 13.9. The molecular formula is C30H27F3N6OS. The van der Waals surface area contributed by atoms with Gasteiger partial charge in [0.2, 0.25) is 0 Å². The van der Waals surface area contributed by atoms with Crippen LogP contribution in [0, 0.1) is 6.92 Å². The molecule has 41 heavy (non-hydrogen) atoms. The number of benzene rings is 2. The maximum atomic E-state index is 13.2. The second kappa shape index (κ2) is 11.2. The van der Waals surface area contributed by atoms with Crippen LogP contribution in [-0.4, -0.2) is 38.4 Å². The molecule has 1 amide bonds. The molecule has 2 aromatic heterocycles. The monoisotopic (exact) mass is 576 g/mol. The molecule has 2 heterocycles. The zero-order valence-electron chi connectivity index (χ0n) is 22.5. The van der Waals surface area contributed by atoms with Crippen LogP contribution in [0.25, 0.3) is 5.57 Å². The highest BCUT2D eigenvalue weighted by atomic mass is 32.2. The molecule has 0 saturated heterocycles. The van der Waals surface area contributed by atoms with Crippen molar-refractivity contribution >= 4 is 34.7 Å². The lowest BCUT2D eigenvalue weighted by Gasteiger charge is -2.39. The number of aromatic amines is 1. The van der Waals surface area contributed by atoms with Crippen LogP contribution in [0.5, 0.6) is 0 Å². The molecule has 7 nitrogen and oxygen atoms in total. The summed E-state index contributed by atoms with van der Waals surface area (Å²) in [6, 6.07) is 13.4. The Labute approximate surface area is 239 Å². The number of nitrogens with one attached hydrogen (secondary N) is 3. The van der Waals surface area contributed by atoms with E-state index < -0.39 is 23.1 Å². The Morgan fingerprint density at radius 2 is 1.93 bits per heavy atom. The molecule has 1 aliphatic rings. The number of aryl methyl sites for hydroxylation is 1. The van der Waals surface area contributed by atoms with Gasteiger partial charge in [-0.3, -0.25) is 9.89 Å². The predicted octanol–water partition coefficient (Wildman–Crippen LogP) is 6.89. The maximum absolute atomic E-state index is 13.2. The van der Waals surface area contributed by atoms with Gasteiger partial charge in [-0.05, 0) is 79.3 Å². The molecule has 3 N–H and O–H groups in total. The number of hydrogen-bond acceptors (Lipinski definition) is 6. The first-order valence-electron chi connectivity index (χ1n) is 12.7. The Bertz CT molecular complexity index is 1630. The van der Waals surface area contributed by atoms with Crippen molar-refractivity contribution in [1.82, 2.24) is 20.2 Å². The Morgan fingerprint density at radius 1 is 1.10 bits per heavy atom. The number of anilines is 2. The minimum absolute atomic E-state index is 0.0773. The summed E-state index contributed by atoms with van der Waals surface area (Å²) in [6.07, 6.45) is 6.83. The molecule has 0 aliphatic heterocycles. The lowest BCUT2D eigenvalue weighted by atomic mass is 9.70. The van der Waals surface area contributed by atoms with Gasteiger partial charge < -0.3 is 10.6 Å². The SMILES string of the molecule is CSc1cc(C2=CC(Nc3ccn[nH]3)C(C)(c3cc(NC(=O)c4cccc(C(F)(F)F)c4)ccc3C)C=C2)ncn1. The number of halogens is 3. The van der Waals surface area contributed by atoms with E-state index in [2.05, 4.69) is 49.9 Å². The minimum atomic E-state index is -4.54. The zero-order chi connectivity index (χ0) is 29.2. The summed E-state index contributed by atoms with van der Waals surface area (Å²) in [5.74, 6) is 0.101. The molecule has 2 unspecified atom stereocenters. The van der Waals surface area contributed by atoms with Crippen LogP contribution in [0.4, 0.5) is 24.7 Å². The minimum Gasteiger partial charge on any atom is -0.363 e.